The average molecular weight is 280 g/mol. The molecular weight excluding hydrogens is 260 g/mol. The molecule has 110 valence electrons. The number of hydrogen-bond donors (Lipinski definition) is 1. The largest absolute Gasteiger partial charge is 0.491 e. The molecule has 20 heavy (non-hydrogen) atoms. The number of non-ortho nitro benzene ring substituents is 1. The SMILES string of the molecule is CC1(C)CCC(COc2ccc([N+](=O)[O-])cc2CN)O1. The van der Waals surface area contributed by atoms with E-state index < -0.39 is 4.92 Å². The summed E-state index contributed by atoms with van der Waals surface area (Å²) in [5, 5.41) is 10.7. The molecule has 2 rings (SSSR count). The van der Waals surface area contributed by atoms with Crippen LogP contribution in [0.3, 0.4) is 0 Å². The number of nitro groups is 1. The average Bonchev–Trinajstić information content (AvgIpc) is 2.75. The number of benzene rings is 1. The Morgan fingerprint density at radius 2 is 2.30 bits per heavy atom. The molecule has 1 atom stereocenters. The normalized spacial score (nSPS) is 20.9. The molecule has 6 heteroatoms. The minimum absolute atomic E-state index is 0.0241. The van der Waals surface area contributed by atoms with Gasteiger partial charge in [0.05, 0.1) is 16.6 Å². The Labute approximate surface area is 118 Å². The van der Waals surface area contributed by atoms with Gasteiger partial charge in [-0.25, -0.2) is 0 Å². The van der Waals surface area contributed by atoms with E-state index in [-0.39, 0.29) is 23.9 Å². The highest BCUT2D eigenvalue weighted by atomic mass is 16.6. The molecule has 0 amide bonds. The predicted molar refractivity (Wildman–Crippen MR) is 74.7 cm³/mol. The molecule has 0 saturated carbocycles. The van der Waals surface area contributed by atoms with Crippen molar-refractivity contribution in [1.29, 1.82) is 0 Å². The van der Waals surface area contributed by atoms with Crippen LogP contribution in [0.5, 0.6) is 5.75 Å². The highest BCUT2D eigenvalue weighted by molar-refractivity contribution is 5.43. The van der Waals surface area contributed by atoms with Crippen molar-refractivity contribution < 1.29 is 14.4 Å². The van der Waals surface area contributed by atoms with Gasteiger partial charge >= 0.3 is 0 Å². The van der Waals surface area contributed by atoms with Crippen LogP contribution in [0.1, 0.15) is 32.3 Å². The van der Waals surface area contributed by atoms with E-state index in [1.807, 2.05) is 0 Å². The summed E-state index contributed by atoms with van der Waals surface area (Å²) in [6, 6.07) is 4.48. The van der Waals surface area contributed by atoms with Crippen molar-refractivity contribution in [2.24, 2.45) is 5.73 Å². The standard InChI is InChI=1S/C14H20N2O4/c1-14(2)6-5-12(20-14)9-19-13-4-3-11(16(17)18)7-10(13)8-15/h3-4,7,12H,5-6,8-9,15H2,1-2H3. The molecule has 1 aromatic rings. The summed E-state index contributed by atoms with van der Waals surface area (Å²) in [7, 11) is 0. The lowest BCUT2D eigenvalue weighted by Gasteiger charge is -2.20. The number of nitro benzene ring substituents is 1. The molecule has 1 heterocycles. The van der Waals surface area contributed by atoms with Crippen molar-refractivity contribution >= 4 is 5.69 Å². The zero-order chi connectivity index (χ0) is 14.8. The summed E-state index contributed by atoms with van der Waals surface area (Å²) in [5.41, 5.74) is 6.18. The van der Waals surface area contributed by atoms with E-state index in [9.17, 15) is 10.1 Å². The third kappa shape index (κ3) is 3.46. The van der Waals surface area contributed by atoms with Crippen LogP contribution in [0, 0.1) is 10.1 Å². The van der Waals surface area contributed by atoms with E-state index >= 15 is 0 Å². The predicted octanol–water partition coefficient (Wildman–Crippen LogP) is 2.39. The van der Waals surface area contributed by atoms with E-state index in [0.717, 1.165) is 12.8 Å². The zero-order valence-electron chi connectivity index (χ0n) is 11.8. The molecule has 2 N–H and O–H groups in total. The molecule has 0 spiro atoms. The first-order valence-corrected chi connectivity index (χ1v) is 6.69. The summed E-state index contributed by atoms with van der Waals surface area (Å²) in [6.45, 7) is 4.76. The quantitative estimate of drug-likeness (QED) is 0.661. The van der Waals surface area contributed by atoms with E-state index in [1.165, 1.54) is 12.1 Å². The number of nitrogens with two attached hydrogens (primary N) is 1. The fraction of sp³-hybridized carbons (Fsp3) is 0.571. The molecule has 0 aliphatic carbocycles. The van der Waals surface area contributed by atoms with Crippen molar-refractivity contribution in [3.05, 3.63) is 33.9 Å². The number of nitrogens with zero attached hydrogens (tertiary/aromatic N) is 1. The first-order valence-electron chi connectivity index (χ1n) is 6.69. The smallest absolute Gasteiger partial charge is 0.270 e. The van der Waals surface area contributed by atoms with Crippen LogP contribution >= 0.6 is 0 Å². The first kappa shape index (κ1) is 14.7. The lowest BCUT2D eigenvalue weighted by atomic mass is 10.1. The fourth-order valence-electron chi connectivity index (χ4n) is 2.36. The Morgan fingerprint density at radius 3 is 2.85 bits per heavy atom. The van der Waals surface area contributed by atoms with Crippen LogP contribution in [0.15, 0.2) is 18.2 Å². The van der Waals surface area contributed by atoms with Gasteiger partial charge < -0.3 is 15.2 Å². The van der Waals surface area contributed by atoms with Crippen molar-refractivity contribution in [1.82, 2.24) is 0 Å². The van der Waals surface area contributed by atoms with Crippen LogP contribution in [0.2, 0.25) is 0 Å². The van der Waals surface area contributed by atoms with E-state index in [4.69, 9.17) is 15.2 Å². The van der Waals surface area contributed by atoms with E-state index in [1.54, 1.807) is 6.07 Å². The molecule has 0 radical (unpaired) electrons. The fourth-order valence-corrected chi connectivity index (χ4v) is 2.36. The maximum atomic E-state index is 10.7. The summed E-state index contributed by atoms with van der Waals surface area (Å²) < 4.78 is 11.6. The molecule has 6 nitrogen and oxygen atoms in total. The van der Waals surface area contributed by atoms with Crippen molar-refractivity contribution in [2.45, 2.75) is 44.9 Å². The second-order valence-corrected chi connectivity index (χ2v) is 5.60. The van der Waals surface area contributed by atoms with Gasteiger partial charge in [-0.2, -0.15) is 0 Å². The first-order chi connectivity index (χ1) is 9.41. The zero-order valence-corrected chi connectivity index (χ0v) is 11.8. The van der Waals surface area contributed by atoms with Gasteiger partial charge in [-0.3, -0.25) is 10.1 Å². The van der Waals surface area contributed by atoms with Crippen LogP contribution in [0.25, 0.3) is 0 Å². The number of hydrogen-bond acceptors (Lipinski definition) is 5. The molecule has 1 fully saturated rings. The highest BCUT2D eigenvalue weighted by Crippen LogP contribution is 2.30. The van der Waals surface area contributed by atoms with Gasteiger partial charge in [0.1, 0.15) is 12.4 Å². The lowest BCUT2D eigenvalue weighted by molar-refractivity contribution is -0.384. The minimum atomic E-state index is -0.439. The molecule has 1 unspecified atom stereocenters. The Kier molecular flexibility index (Phi) is 4.25. The lowest BCUT2D eigenvalue weighted by Crippen LogP contribution is -2.24. The summed E-state index contributed by atoms with van der Waals surface area (Å²) in [5.74, 6) is 0.589. The molecule has 1 saturated heterocycles. The van der Waals surface area contributed by atoms with Gasteiger partial charge in [0.2, 0.25) is 0 Å². The van der Waals surface area contributed by atoms with E-state index in [2.05, 4.69) is 13.8 Å². The maximum Gasteiger partial charge on any atom is 0.270 e. The monoisotopic (exact) mass is 280 g/mol. The Morgan fingerprint density at radius 1 is 1.55 bits per heavy atom. The molecule has 0 bridgehead atoms. The Bertz CT molecular complexity index is 502. The van der Waals surface area contributed by atoms with E-state index in [0.29, 0.717) is 17.9 Å². The number of ether oxygens (including phenoxy) is 2. The number of rotatable bonds is 5. The van der Waals surface area contributed by atoms with Crippen molar-refractivity contribution in [3.63, 3.8) is 0 Å². The second-order valence-electron chi connectivity index (χ2n) is 5.60. The molecular formula is C14H20N2O4. The highest BCUT2D eigenvalue weighted by Gasteiger charge is 2.32. The van der Waals surface area contributed by atoms with Crippen LogP contribution < -0.4 is 10.5 Å². The van der Waals surface area contributed by atoms with Gasteiger partial charge in [-0.1, -0.05) is 0 Å². The van der Waals surface area contributed by atoms with Gasteiger partial charge in [0, 0.05) is 24.2 Å². The molecule has 0 aromatic heterocycles. The summed E-state index contributed by atoms with van der Waals surface area (Å²) in [4.78, 5) is 10.3. The molecule has 1 aromatic carbocycles. The summed E-state index contributed by atoms with van der Waals surface area (Å²) >= 11 is 0. The van der Waals surface area contributed by atoms with Crippen LogP contribution in [-0.4, -0.2) is 23.2 Å². The topological polar surface area (TPSA) is 87.6 Å². The Hall–Kier alpha value is -1.66. The third-order valence-corrected chi connectivity index (χ3v) is 3.45. The minimum Gasteiger partial charge on any atom is -0.491 e. The van der Waals surface area contributed by atoms with Crippen LogP contribution in [0.4, 0.5) is 5.69 Å². The van der Waals surface area contributed by atoms with Gasteiger partial charge in [0.25, 0.3) is 5.69 Å². The third-order valence-electron chi connectivity index (χ3n) is 3.45. The van der Waals surface area contributed by atoms with Gasteiger partial charge in [-0.05, 0) is 32.8 Å². The Balaban J connectivity index is 2.01. The molecule has 1 aliphatic heterocycles. The van der Waals surface area contributed by atoms with Gasteiger partial charge in [-0.15, -0.1) is 0 Å². The van der Waals surface area contributed by atoms with Crippen molar-refractivity contribution in [2.75, 3.05) is 6.61 Å². The summed E-state index contributed by atoms with van der Waals surface area (Å²) in [6.07, 6.45) is 2.02. The second kappa shape index (κ2) is 5.76. The van der Waals surface area contributed by atoms with Crippen LogP contribution in [-0.2, 0) is 11.3 Å². The molecule has 1 aliphatic rings. The van der Waals surface area contributed by atoms with Crippen molar-refractivity contribution in [3.8, 4) is 5.75 Å². The van der Waals surface area contributed by atoms with Gasteiger partial charge in [0.15, 0.2) is 0 Å². The maximum absolute atomic E-state index is 10.7.